The number of esters is 1. The Morgan fingerprint density at radius 3 is 2.17 bits per heavy atom. The number of allylic oxidation sites excluding steroid dienone is 1. The molecule has 0 bridgehead atoms. The summed E-state index contributed by atoms with van der Waals surface area (Å²) in [6.07, 6.45) is 0. The smallest absolute Gasteiger partial charge is 0.338 e. The van der Waals surface area contributed by atoms with E-state index in [1.807, 2.05) is 84.9 Å². The number of amides is 2. The lowest BCUT2D eigenvalue weighted by Gasteiger charge is -2.35. The molecule has 1 atom stereocenters. The molecule has 7 nitrogen and oxygen atoms in total. The summed E-state index contributed by atoms with van der Waals surface area (Å²) >= 11 is 0. The maximum atomic E-state index is 13.2. The number of methoxy groups -OCH3 is 1. The molecule has 0 saturated carbocycles. The van der Waals surface area contributed by atoms with Crippen LogP contribution in [0.15, 0.2) is 96.2 Å². The van der Waals surface area contributed by atoms with E-state index >= 15 is 0 Å². The van der Waals surface area contributed by atoms with E-state index in [0.717, 1.165) is 16.7 Å². The van der Waals surface area contributed by atoms with Crippen molar-refractivity contribution in [3.63, 3.8) is 0 Å². The molecule has 0 spiro atoms. The van der Waals surface area contributed by atoms with Crippen LogP contribution in [0.5, 0.6) is 5.75 Å². The molecular formula is C29H30N2O5. The average molecular weight is 487 g/mol. The molecule has 0 aromatic heterocycles. The second kappa shape index (κ2) is 12.0. The Bertz CT molecular complexity index is 1190. The van der Waals surface area contributed by atoms with Crippen LogP contribution in [0, 0.1) is 0 Å². The Kier molecular flexibility index (Phi) is 8.36. The number of nitrogens with zero attached hydrogens (tertiary/aromatic N) is 1. The number of ether oxygens (including phenoxy) is 3. The van der Waals surface area contributed by atoms with Gasteiger partial charge in [-0.2, -0.15) is 0 Å². The first-order chi connectivity index (χ1) is 17.6. The zero-order valence-corrected chi connectivity index (χ0v) is 20.5. The van der Waals surface area contributed by atoms with Gasteiger partial charge in [0.15, 0.2) is 0 Å². The molecule has 1 aliphatic rings. The minimum absolute atomic E-state index is 0.123. The van der Waals surface area contributed by atoms with E-state index < -0.39 is 12.0 Å². The Labute approximate surface area is 211 Å². The molecule has 0 fully saturated rings. The summed E-state index contributed by atoms with van der Waals surface area (Å²) in [5.74, 6) is 0.206. The van der Waals surface area contributed by atoms with Crippen molar-refractivity contribution in [3.8, 4) is 5.75 Å². The molecule has 0 saturated heterocycles. The van der Waals surface area contributed by atoms with Crippen LogP contribution < -0.4 is 10.1 Å². The van der Waals surface area contributed by atoms with Crippen LogP contribution in [0.4, 0.5) is 4.79 Å². The van der Waals surface area contributed by atoms with Gasteiger partial charge in [0.2, 0.25) is 0 Å². The molecule has 186 valence electrons. The van der Waals surface area contributed by atoms with Gasteiger partial charge in [0, 0.05) is 12.8 Å². The average Bonchev–Trinajstić information content (AvgIpc) is 2.91. The predicted molar refractivity (Wildman–Crippen MR) is 136 cm³/mol. The number of rotatable bonds is 10. The molecular weight excluding hydrogens is 456 g/mol. The lowest BCUT2D eigenvalue weighted by atomic mass is 9.94. The highest BCUT2D eigenvalue weighted by Crippen LogP contribution is 2.33. The lowest BCUT2D eigenvalue weighted by Crippen LogP contribution is -2.47. The van der Waals surface area contributed by atoms with Crippen molar-refractivity contribution in [2.75, 3.05) is 20.3 Å². The fraction of sp³-hybridized carbons (Fsp3) is 0.241. The summed E-state index contributed by atoms with van der Waals surface area (Å²) in [6, 6.07) is 26.0. The number of urea groups is 1. The fourth-order valence-corrected chi connectivity index (χ4v) is 4.04. The van der Waals surface area contributed by atoms with Crippen LogP contribution in [-0.2, 0) is 27.4 Å². The second-order valence-electron chi connectivity index (χ2n) is 8.43. The number of carbonyl (C=O) groups excluding carboxylic acids is 2. The van der Waals surface area contributed by atoms with E-state index in [1.165, 1.54) is 0 Å². The number of hydrogen-bond acceptors (Lipinski definition) is 5. The summed E-state index contributed by atoms with van der Waals surface area (Å²) in [7, 11) is 1.55. The van der Waals surface area contributed by atoms with Crippen LogP contribution in [0.1, 0.15) is 29.7 Å². The molecule has 3 aromatic carbocycles. The molecule has 0 radical (unpaired) electrons. The highest BCUT2D eigenvalue weighted by molar-refractivity contribution is 5.95. The third-order valence-electron chi connectivity index (χ3n) is 5.98. The maximum Gasteiger partial charge on any atom is 0.338 e. The first-order valence-corrected chi connectivity index (χ1v) is 11.8. The number of hydrogen-bond donors (Lipinski definition) is 1. The molecule has 7 heteroatoms. The summed E-state index contributed by atoms with van der Waals surface area (Å²) in [5, 5.41) is 2.99. The predicted octanol–water partition coefficient (Wildman–Crippen LogP) is 5.00. The van der Waals surface area contributed by atoms with Crippen LogP contribution in [0.3, 0.4) is 0 Å². The fourth-order valence-electron chi connectivity index (χ4n) is 4.04. The van der Waals surface area contributed by atoms with Crippen LogP contribution in [0.2, 0.25) is 0 Å². The first kappa shape index (κ1) is 25.0. The monoisotopic (exact) mass is 486 g/mol. The van der Waals surface area contributed by atoms with Gasteiger partial charge in [0.1, 0.15) is 19.0 Å². The number of benzene rings is 3. The number of carbonyl (C=O) groups is 2. The normalized spacial score (nSPS) is 15.4. The van der Waals surface area contributed by atoms with Crippen molar-refractivity contribution < 1.29 is 23.8 Å². The summed E-state index contributed by atoms with van der Waals surface area (Å²) in [4.78, 5) is 27.9. The summed E-state index contributed by atoms with van der Waals surface area (Å²) < 4.78 is 16.4. The first-order valence-electron chi connectivity index (χ1n) is 11.8. The standard InChI is InChI=1S/C29H30N2O5/c1-21-26(28(32)35-18-17-34-2)27(30-29(33)31(21)19-22-9-5-3-6-10-22)24-13-15-25(16-14-24)36-20-23-11-7-4-8-12-23/h3-16,27H,17-20H2,1-2H3,(H,30,33)/t27-/m0/s1. The Hall–Kier alpha value is -4.10. The van der Waals surface area contributed by atoms with E-state index in [-0.39, 0.29) is 19.2 Å². The van der Waals surface area contributed by atoms with Crippen molar-refractivity contribution in [1.82, 2.24) is 10.2 Å². The summed E-state index contributed by atoms with van der Waals surface area (Å²) in [5.41, 5.74) is 3.73. The molecule has 1 heterocycles. The molecule has 1 aliphatic heterocycles. The van der Waals surface area contributed by atoms with Crippen molar-refractivity contribution in [1.29, 1.82) is 0 Å². The zero-order chi connectivity index (χ0) is 25.3. The Morgan fingerprint density at radius 2 is 1.53 bits per heavy atom. The van der Waals surface area contributed by atoms with Gasteiger partial charge in [-0.1, -0.05) is 72.8 Å². The summed E-state index contributed by atoms with van der Waals surface area (Å²) in [6.45, 7) is 2.98. The Morgan fingerprint density at radius 1 is 0.889 bits per heavy atom. The van der Waals surface area contributed by atoms with Gasteiger partial charge in [-0.3, -0.25) is 4.90 Å². The molecule has 4 rings (SSSR count). The van der Waals surface area contributed by atoms with E-state index in [4.69, 9.17) is 14.2 Å². The van der Waals surface area contributed by atoms with Crippen LogP contribution in [0.25, 0.3) is 0 Å². The topological polar surface area (TPSA) is 77.1 Å². The third-order valence-corrected chi connectivity index (χ3v) is 5.98. The van der Waals surface area contributed by atoms with Crippen molar-refractivity contribution in [2.24, 2.45) is 0 Å². The van der Waals surface area contributed by atoms with Gasteiger partial charge < -0.3 is 19.5 Å². The van der Waals surface area contributed by atoms with Gasteiger partial charge in [0.05, 0.1) is 24.8 Å². The van der Waals surface area contributed by atoms with Gasteiger partial charge >= 0.3 is 12.0 Å². The van der Waals surface area contributed by atoms with Crippen molar-refractivity contribution in [2.45, 2.75) is 26.1 Å². The highest BCUT2D eigenvalue weighted by atomic mass is 16.6. The van der Waals surface area contributed by atoms with E-state index in [1.54, 1.807) is 18.9 Å². The van der Waals surface area contributed by atoms with E-state index in [2.05, 4.69) is 5.32 Å². The molecule has 0 aliphatic carbocycles. The molecule has 1 N–H and O–H groups in total. The minimum atomic E-state index is -0.650. The molecule has 2 amide bonds. The quantitative estimate of drug-likeness (QED) is 0.323. The SMILES string of the molecule is COCCOC(=O)C1=C(C)N(Cc2ccccc2)C(=O)N[C@H]1c1ccc(OCc2ccccc2)cc1. The Balaban J connectivity index is 1.57. The van der Waals surface area contributed by atoms with Crippen LogP contribution in [-0.4, -0.2) is 37.2 Å². The van der Waals surface area contributed by atoms with Gasteiger partial charge in [0.25, 0.3) is 0 Å². The molecule has 36 heavy (non-hydrogen) atoms. The van der Waals surface area contributed by atoms with Crippen molar-refractivity contribution in [3.05, 3.63) is 113 Å². The van der Waals surface area contributed by atoms with Crippen molar-refractivity contribution >= 4 is 12.0 Å². The van der Waals surface area contributed by atoms with Crippen LogP contribution >= 0.6 is 0 Å². The number of nitrogens with one attached hydrogen (secondary N) is 1. The van der Waals surface area contributed by atoms with Gasteiger partial charge in [-0.05, 0) is 35.7 Å². The maximum absolute atomic E-state index is 13.2. The molecule has 3 aromatic rings. The lowest BCUT2D eigenvalue weighted by molar-refractivity contribution is -0.140. The van der Waals surface area contributed by atoms with Gasteiger partial charge in [-0.15, -0.1) is 0 Å². The second-order valence-corrected chi connectivity index (χ2v) is 8.43. The highest BCUT2D eigenvalue weighted by Gasteiger charge is 2.36. The van der Waals surface area contributed by atoms with Gasteiger partial charge in [-0.25, -0.2) is 9.59 Å². The largest absolute Gasteiger partial charge is 0.489 e. The minimum Gasteiger partial charge on any atom is -0.489 e. The molecule has 0 unspecified atom stereocenters. The van der Waals surface area contributed by atoms with E-state index in [0.29, 0.717) is 30.2 Å². The third kappa shape index (κ3) is 6.12. The van der Waals surface area contributed by atoms with E-state index in [9.17, 15) is 9.59 Å². The zero-order valence-electron chi connectivity index (χ0n) is 20.5.